The lowest BCUT2D eigenvalue weighted by molar-refractivity contribution is -0.132. The van der Waals surface area contributed by atoms with E-state index in [9.17, 15) is 9.59 Å². The second-order valence-electron chi connectivity index (χ2n) is 7.07. The standard InChI is InChI=1S/C22H27N3O3/c1-16-7-5-8-17(2)22(16)24-20(26)14-23-18-9-6-10-19(13-18)28-15-21(27)25-11-3-4-12-25/h5-10,13,23H,3-4,11-12,14-15H2,1-2H3,(H,24,26). The molecule has 1 fully saturated rings. The van der Waals surface area contributed by atoms with E-state index in [2.05, 4.69) is 10.6 Å². The Morgan fingerprint density at radius 3 is 2.43 bits per heavy atom. The summed E-state index contributed by atoms with van der Waals surface area (Å²) < 4.78 is 5.62. The summed E-state index contributed by atoms with van der Waals surface area (Å²) in [4.78, 5) is 26.2. The van der Waals surface area contributed by atoms with Crippen LogP contribution in [0.3, 0.4) is 0 Å². The summed E-state index contributed by atoms with van der Waals surface area (Å²) in [5, 5.41) is 6.05. The van der Waals surface area contributed by atoms with Crippen molar-refractivity contribution >= 4 is 23.2 Å². The van der Waals surface area contributed by atoms with Crippen LogP contribution in [-0.2, 0) is 9.59 Å². The lowest BCUT2D eigenvalue weighted by Gasteiger charge is -2.16. The average Bonchev–Trinajstić information content (AvgIpc) is 3.23. The molecule has 1 heterocycles. The van der Waals surface area contributed by atoms with E-state index in [1.165, 1.54) is 0 Å². The highest BCUT2D eigenvalue weighted by molar-refractivity contribution is 5.95. The first-order valence-electron chi connectivity index (χ1n) is 9.63. The lowest BCUT2D eigenvalue weighted by atomic mass is 10.1. The van der Waals surface area contributed by atoms with Crippen molar-refractivity contribution in [1.82, 2.24) is 4.90 Å². The van der Waals surface area contributed by atoms with Gasteiger partial charge in [-0.15, -0.1) is 0 Å². The molecule has 0 radical (unpaired) electrons. The Morgan fingerprint density at radius 2 is 1.71 bits per heavy atom. The summed E-state index contributed by atoms with van der Waals surface area (Å²) in [5.74, 6) is 0.504. The molecule has 0 atom stereocenters. The first-order valence-corrected chi connectivity index (χ1v) is 9.63. The Hall–Kier alpha value is -3.02. The number of hydrogen-bond acceptors (Lipinski definition) is 4. The summed E-state index contributed by atoms with van der Waals surface area (Å²) in [6, 6.07) is 13.2. The van der Waals surface area contributed by atoms with Crippen LogP contribution >= 0.6 is 0 Å². The van der Waals surface area contributed by atoms with Crippen LogP contribution in [0.1, 0.15) is 24.0 Å². The summed E-state index contributed by atoms with van der Waals surface area (Å²) >= 11 is 0. The van der Waals surface area contributed by atoms with Gasteiger partial charge in [0.05, 0.1) is 6.54 Å². The van der Waals surface area contributed by atoms with Crippen LogP contribution in [0.4, 0.5) is 11.4 Å². The predicted molar refractivity (Wildman–Crippen MR) is 111 cm³/mol. The molecule has 3 rings (SSSR count). The molecule has 2 N–H and O–H groups in total. The molecule has 28 heavy (non-hydrogen) atoms. The molecule has 0 aromatic heterocycles. The van der Waals surface area contributed by atoms with E-state index < -0.39 is 0 Å². The van der Waals surface area contributed by atoms with Gasteiger partial charge in [0.25, 0.3) is 5.91 Å². The number of amides is 2. The second kappa shape index (κ2) is 9.26. The Balaban J connectivity index is 1.50. The van der Waals surface area contributed by atoms with Crippen LogP contribution in [0.2, 0.25) is 0 Å². The molecular formula is C22H27N3O3. The van der Waals surface area contributed by atoms with Gasteiger partial charge >= 0.3 is 0 Å². The van der Waals surface area contributed by atoms with Crippen LogP contribution < -0.4 is 15.4 Å². The zero-order valence-corrected chi connectivity index (χ0v) is 16.5. The topological polar surface area (TPSA) is 70.7 Å². The maximum atomic E-state index is 12.3. The number of likely N-dealkylation sites (tertiary alicyclic amines) is 1. The molecule has 0 aliphatic carbocycles. The van der Waals surface area contributed by atoms with Crippen molar-refractivity contribution < 1.29 is 14.3 Å². The lowest BCUT2D eigenvalue weighted by Crippen LogP contribution is -2.32. The van der Waals surface area contributed by atoms with Gasteiger partial charge in [-0.1, -0.05) is 24.3 Å². The molecule has 148 valence electrons. The molecule has 0 spiro atoms. The average molecular weight is 381 g/mol. The number of ether oxygens (including phenoxy) is 1. The van der Waals surface area contributed by atoms with Crippen molar-refractivity contribution in [3.8, 4) is 5.75 Å². The molecule has 0 bridgehead atoms. The van der Waals surface area contributed by atoms with Crippen molar-refractivity contribution in [2.45, 2.75) is 26.7 Å². The zero-order valence-electron chi connectivity index (χ0n) is 16.5. The highest BCUT2D eigenvalue weighted by Crippen LogP contribution is 2.20. The Kier molecular flexibility index (Phi) is 6.53. The van der Waals surface area contributed by atoms with E-state index in [1.807, 2.05) is 49.1 Å². The number of nitrogens with one attached hydrogen (secondary N) is 2. The third-order valence-corrected chi connectivity index (χ3v) is 4.85. The van der Waals surface area contributed by atoms with Gasteiger partial charge in [-0.3, -0.25) is 9.59 Å². The van der Waals surface area contributed by atoms with Crippen molar-refractivity contribution in [3.05, 3.63) is 53.6 Å². The summed E-state index contributed by atoms with van der Waals surface area (Å²) in [7, 11) is 0. The van der Waals surface area contributed by atoms with Gasteiger partial charge in [-0.25, -0.2) is 0 Å². The summed E-state index contributed by atoms with van der Waals surface area (Å²) in [6.45, 7) is 5.76. The third-order valence-electron chi connectivity index (χ3n) is 4.85. The molecule has 2 amide bonds. The number of rotatable bonds is 7. The van der Waals surface area contributed by atoms with Crippen molar-refractivity contribution in [1.29, 1.82) is 0 Å². The number of carbonyl (C=O) groups is 2. The Labute approximate surface area is 165 Å². The van der Waals surface area contributed by atoms with E-state index >= 15 is 0 Å². The minimum Gasteiger partial charge on any atom is -0.484 e. The number of hydrogen-bond donors (Lipinski definition) is 2. The highest BCUT2D eigenvalue weighted by atomic mass is 16.5. The van der Waals surface area contributed by atoms with Gasteiger partial charge in [0.15, 0.2) is 6.61 Å². The number of para-hydroxylation sites is 1. The van der Waals surface area contributed by atoms with E-state index in [4.69, 9.17) is 4.74 Å². The highest BCUT2D eigenvalue weighted by Gasteiger charge is 2.18. The Morgan fingerprint density at radius 1 is 1.04 bits per heavy atom. The maximum absolute atomic E-state index is 12.3. The monoisotopic (exact) mass is 381 g/mol. The van der Waals surface area contributed by atoms with E-state index in [-0.39, 0.29) is 25.0 Å². The normalized spacial score (nSPS) is 13.3. The summed E-state index contributed by atoms with van der Waals surface area (Å²) in [5.41, 5.74) is 3.69. The molecule has 6 heteroatoms. The van der Waals surface area contributed by atoms with Gasteiger partial charge in [0.2, 0.25) is 5.91 Å². The number of carbonyl (C=O) groups excluding carboxylic acids is 2. The minimum atomic E-state index is -0.118. The molecule has 1 saturated heterocycles. The van der Waals surface area contributed by atoms with Crippen LogP contribution in [0.15, 0.2) is 42.5 Å². The quantitative estimate of drug-likeness (QED) is 0.772. The van der Waals surface area contributed by atoms with Gasteiger partial charge in [0, 0.05) is 30.5 Å². The fourth-order valence-electron chi connectivity index (χ4n) is 3.28. The smallest absolute Gasteiger partial charge is 0.260 e. The number of nitrogens with zero attached hydrogens (tertiary/aromatic N) is 1. The number of anilines is 2. The molecule has 1 aliphatic rings. The fraction of sp³-hybridized carbons (Fsp3) is 0.364. The van der Waals surface area contributed by atoms with Crippen LogP contribution in [0.25, 0.3) is 0 Å². The van der Waals surface area contributed by atoms with Crippen LogP contribution in [0.5, 0.6) is 5.75 Å². The molecule has 6 nitrogen and oxygen atoms in total. The fourth-order valence-corrected chi connectivity index (χ4v) is 3.28. The minimum absolute atomic E-state index is 0.0174. The van der Waals surface area contributed by atoms with Gasteiger partial charge < -0.3 is 20.3 Å². The number of benzene rings is 2. The molecule has 2 aromatic rings. The molecular weight excluding hydrogens is 354 g/mol. The zero-order chi connectivity index (χ0) is 19.9. The van der Waals surface area contributed by atoms with E-state index in [0.717, 1.165) is 48.4 Å². The molecule has 0 unspecified atom stereocenters. The van der Waals surface area contributed by atoms with Crippen LogP contribution in [0, 0.1) is 13.8 Å². The Bertz CT molecular complexity index is 824. The van der Waals surface area contributed by atoms with Gasteiger partial charge in [-0.2, -0.15) is 0 Å². The maximum Gasteiger partial charge on any atom is 0.260 e. The molecule has 2 aromatic carbocycles. The predicted octanol–water partition coefficient (Wildman–Crippen LogP) is 3.36. The van der Waals surface area contributed by atoms with Gasteiger partial charge in [-0.05, 0) is 49.9 Å². The van der Waals surface area contributed by atoms with E-state index in [1.54, 1.807) is 12.1 Å². The molecule has 0 saturated carbocycles. The second-order valence-corrected chi connectivity index (χ2v) is 7.07. The largest absolute Gasteiger partial charge is 0.484 e. The van der Waals surface area contributed by atoms with Crippen LogP contribution in [-0.4, -0.2) is 43.0 Å². The first kappa shape index (κ1) is 19.7. The SMILES string of the molecule is Cc1cccc(C)c1NC(=O)CNc1cccc(OCC(=O)N2CCCC2)c1. The van der Waals surface area contributed by atoms with Crippen molar-refractivity contribution in [3.63, 3.8) is 0 Å². The van der Waals surface area contributed by atoms with Gasteiger partial charge in [0.1, 0.15) is 5.75 Å². The third kappa shape index (κ3) is 5.25. The van der Waals surface area contributed by atoms with Crippen molar-refractivity contribution in [2.75, 3.05) is 36.9 Å². The molecule has 1 aliphatic heterocycles. The first-order chi connectivity index (χ1) is 13.5. The van der Waals surface area contributed by atoms with Crippen molar-refractivity contribution in [2.24, 2.45) is 0 Å². The number of aryl methyl sites for hydroxylation is 2. The summed E-state index contributed by atoms with van der Waals surface area (Å²) in [6.07, 6.45) is 2.13. The van der Waals surface area contributed by atoms with E-state index in [0.29, 0.717) is 5.75 Å².